The Hall–Kier alpha value is -4.21. The maximum absolute atomic E-state index is 13.0. The van der Waals surface area contributed by atoms with Crippen molar-refractivity contribution in [2.24, 2.45) is 0 Å². The van der Waals surface area contributed by atoms with Crippen molar-refractivity contribution >= 4 is 22.9 Å². The number of hydrogen-bond donors (Lipinski definition) is 0. The van der Waals surface area contributed by atoms with Gasteiger partial charge in [-0.3, -0.25) is 4.79 Å². The van der Waals surface area contributed by atoms with E-state index in [2.05, 4.69) is 25.2 Å². The van der Waals surface area contributed by atoms with Crippen molar-refractivity contribution < 1.29 is 14.3 Å². The minimum atomic E-state index is 0.0116. The van der Waals surface area contributed by atoms with Gasteiger partial charge in [0, 0.05) is 37.8 Å². The normalized spacial score (nSPS) is 13.9. The maximum Gasteiger partial charge on any atom is 0.253 e. The largest absolute Gasteiger partial charge is 0.497 e. The van der Waals surface area contributed by atoms with Crippen LogP contribution in [0.1, 0.15) is 24.2 Å². The molecule has 0 radical (unpaired) electrons. The fraction of sp³-hybridized carbons (Fsp3) is 0.320. The number of carbonyl (C=O) groups excluding carboxylic acids is 1. The highest BCUT2D eigenvalue weighted by Crippen LogP contribution is 2.25. The number of carbonyl (C=O) groups is 1. The van der Waals surface area contributed by atoms with Gasteiger partial charge in [-0.05, 0) is 50.2 Å². The van der Waals surface area contributed by atoms with Gasteiger partial charge in [-0.25, -0.2) is 9.97 Å². The molecule has 2 aromatic carbocycles. The van der Waals surface area contributed by atoms with Crippen molar-refractivity contribution in [3.63, 3.8) is 0 Å². The van der Waals surface area contributed by atoms with Gasteiger partial charge in [-0.1, -0.05) is 11.3 Å². The molecule has 0 aliphatic carbocycles. The number of piperazine rings is 1. The Labute approximate surface area is 203 Å². The van der Waals surface area contributed by atoms with Crippen LogP contribution in [0.2, 0.25) is 0 Å². The molecule has 1 fully saturated rings. The highest BCUT2D eigenvalue weighted by Gasteiger charge is 2.25. The van der Waals surface area contributed by atoms with Crippen molar-refractivity contribution in [1.29, 1.82) is 0 Å². The first-order valence-corrected chi connectivity index (χ1v) is 11.6. The van der Waals surface area contributed by atoms with Gasteiger partial charge in [0.1, 0.15) is 17.8 Å². The predicted octanol–water partition coefficient (Wildman–Crippen LogP) is 2.97. The Kier molecular flexibility index (Phi) is 6.17. The molecule has 0 atom stereocenters. The van der Waals surface area contributed by atoms with Crippen molar-refractivity contribution in [2.75, 3.05) is 38.2 Å². The number of hydrogen-bond acceptors (Lipinski definition) is 8. The number of methoxy groups -OCH3 is 1. The van der Waals surface area contributed by atoms with E-state index in [-0.39, 0.29) is 12.0 Å². The molecule has 0 spiro atoms. The Bertz CT molecular complexity index is 1330. The topological polar surface area (TPSA) is 98.5 Å². The summed E-state index contributed by atoms with van der Waals surface area (Å²) < 4.78 is 12.7. The Morgan fingerprint density at radius 2 is 1.74 bits per heavy atom. The van der Waals surface area contributed by atoms with Crippen LogP contribution in [0.5, 0.6) is 11.5 Å². The lowest BCUT2D eigenvalue weighted by molar-refractivity contribution is 0.0746. The van der Waals surface area contributed by atoms with Crippen LogP contribution in [0.4, 0.5) is 5.82 Å². The van der Waals surface area contributed by atoms with Gasteiger partial charge < -0.3 is 19.3 Å². The molecule has 4 aromatic rings. The van der Waals surface area contributed by atoms with Crippen LogP contribution < -0.4 is 14.4 Å². The fourth-order valence-corrected chi connectivity index (χ4v) is 4.14. The van der Waals surface area contributed by atoms with E-state index in [9.17, 15) is 4.79 Å². The quantitative estimate of drug-likeness (QED) is 0.422. The number of fused-ring (bicyclic) bond motifs is 1. The molecule has 1 aliphatic rings. The van der Waals surface area contributed by atoms with E-state index >= 15 is 0 Å². The molecular weight excluding hydrogens is 446 g/mol. The minimum Gasteiger partial charge on any atom is -0.497 e. The standard InChI is InChI=1S/C25H27N7O3/c1-17(2)35-20-9-7-18(8-10-20)25(33)31-13-11-30(12-14-31)23-22-24(27-16-26-23)32(29-28-22)19-5-4-6-21(15-19)34-3/h4-10,15-17H,11-14H2,1-3H3. The third-order valence-corrected chi connectivity index (χ3v) is 5.86. The third-order valence-electron chi connectivity index (χ3n) is 5.86. The van der Waals surface area contributed by atoms with E-state index in [1.54, 1.807) is 11.8 Å². The number of ether oxygens (including phenoxy) is 2. The van der Waals surface area contributed by atoms with Gasteiger partial charge in [0.2, 0.25) is 0 Å². The molecule has 35 heavy (non-hydrogen) atoms. The molecular formula is C25H27N7O3. The van der Waals surface area contributed by atoms with Crippen LogP contribution in [0, 0.1) is 0 Å². The number of aromatic nitrogens is 5. The SMILES string of the molecule is COc1cccc(-n2nnc3c(N4CCN(C(=O)c5ccc(OC(C)C)cc5)CC4)ncnc32)c1. The highest BCUT2D eigenvalue weighted by molar-refractivity contribution is 5.94. The van der Waals surface area contributed by atoms with E-state index in [1.165, 1.54) is 6.33 Å². The molecule has 3 heterocycles. The summed E-state index contributed by atoms with van der Waals surface area (Å²) in [5, 5.41) is 8.68. The number of amides is 1. The number of anilines is 1. The smallest absolute Gasteiger partial charge is 0.253 e. The zero-order chi connectivity index (χ0) is 24.4. The van der Waals surface area contributed by atoms with Crippen LogP contribution in [0.25, 0.3) is 16.9 Å². The molecule has 1 amide bonds. The lowest BCUT2D eigenvalue weighted by Gasteiger charge is -2.35. The number of rotatable bonds is 6. The van der Waals surface area contributed by atoms with Crippen LogP contribution in [-0.4, -0.2) is 75.2 Å². The Morgan fingerprint density at radius 1 is 0.971 bits per heavy atom. The van der Waals surface area contributed by atoms with Gasteiger partial charge in [0.25, 0.3) is 5.91 Å². The van der Waals surface area contributed by atoms with Crippen molar-refractivity contribution in [3.8, 4) is 17.2 Å². The summed E-state index contributed by atoms with van der Waals surface area (Å²) in [5.41, 5.74) is 2.69. The van der Waals surface area contributed by atoms with Crippen LogP contribution in [0.15, 0.2) is 54.9 Å². The second-order valence-corrected chi connectivity index (χ2v) is 8.54. The molecule has 0 saturated carbocycles. The Morgan fingerprint density at radius 3 is 2.46 bits per heavy atom. The summed E-state index contributed by atoms with van der Waals surface area (Å²) in [7, 11) is 1.62. The van der Waals surface area contributed by atoms with Gasteiger partial charge in [-0.2, -0.15) is 4.68 Å². The summed E-state index contributed by atoms with van der Waals surface area (Å²) in [6, 6.07) is 14.9. The Balaban J connectivity index is 1.30. The van der Waals surface area contributed by atoms with E-state index in [4.69, 9.17) is 9.47 Å². The predicted molar refractivity (Wildman–Crippen MR) is 131 cm³/mol. The summed E-state index contributed by atoms with van der Waals surface area (Å²) in [4.78, 5) is 25.9. The lowest BCUT2D eigenvalue weighted by atomic mass is 10.1. The molecule has 180 valence electrons. The van der Waals surface area contributed by atoms with Crippen LogP contribution >= 0.6 is 0 Å². The number of benzene rings is 2. The van der Waals surface area contributed by atoms with E-state index < -0.39 is 0 Å². The van der Waals surface area contributed by atoms with Gasteiger partial charge in [-0.15, -0.1) is 5.10 Å². The summed E-state index contributed by atoms with van der Waals surface area (Å²) in [5.74, 6) is 2.21. The first kappa shape index (κ1) is 22.6. The molecule has 0 N–H and O–H groups in total. The van der Waals surface area contributed by atoms with Crippen LogP contribution in [0.3, 0.4) is 0 Å². The van der Waals surface area contributed by atoms with Gasteiger partial charge in [0.05, 0.1) is 18.9 Å². The zero-order valence-electron chi connectivity index (χ0n) is 20.0. The molecule has 5 rings (SSSR count). The monoisotopic (exact) mass is 473 g/mol. The van der Waals surface area contributed by atoms with Crippen molar-refractivity contribution in [3.05, 3.63) is 60.4 Å². The molecule has 2 aromatic heterocycles. The first-order valence-electron chi connectivity index (χ1n) is 11.6. The second kappa shape index (κ2) is 9.57. The van der Waals surface area contributed by atoms with E-state index in [1.807, 2.05) is 67.3 Å². The van der Waals surface area contributed by atoms with Crippen LogP contribution in [-0.2, 0) is 0 Å². The molecule has 0 unspecified atom stereocenters. The van der Waals surface area contributed by atoms with Crippen molar-refractivity contribution in [2.45, 2.75) is 20.0 Å². The van der Waals surface area contributed by atoms with E-state index in [0.717, 1.165) is 17.2 Å². The molecule has 10 heteroatoms. The van der Waals surface area contributed by atoms with Gasteiger partial charge >= 0.3 is 0 Å². The second-order valence-electron chi connectivity index (χ2n) is 8.54. The maximum atomic E-state index is 13.0. The first-order chi connectivity index (χ1) is 17.0. The summed E-state index contributed by atoms with van der Waals surface area (Å²) >= 11 is 0. The average molecular weight is 474 g/mol. The van der Waals surface area contributed by atoms with Gasteiger partial charge in [0.15, 0.2) is 17.0 Å². The summed E-state index contributed by atoms with van der Waals surface area (Å²) in [6.45, 7) is 6.39. The van der Waals surface area contributed by atoms with E-state index in [0.29, 0.717) is 48.7 Å². The fourth-order valence-electron chi connectivity index (χ4n) is 4.14. The summed E-state index contributed by atoms with van der Waals surface area (Å²) in [6.07, 6.45) is 1.62. The number of nitrogens with zero attached hydrogens (tertiary/aromatic N) is 7. The lowest BCUT2D eigenvalue weighted by Crippen LogP contribution is -2.49. The van der Waals surface area contributed by atoms with Crippen molar-refractivity contribution in [1.82, 2.24) is 29.9 Å². The highest BCUT2D eigenvalue weighted by atomic mass is 16.5. The molecule has 0 bridgehead atoms. The zero-order valence-corrected chi connectivity index (χ0v) is 20.0. The third kappa shape index (κ3) is 4.59. The average Bonchev–Trinajstić information content (AvgIpc) is 3.33. The molecule has 10 nitrogen and oxygen atoms in total. The minimum absolute atomic E-state index is 0.0116. The molecule has 1 saturated heterocycles. The molecule has 1 aliphatic heterocycles.